The van der Waals surface area contributed by atoms with E-state index in [2.05, 4.69) is 28.4 Å². The van der Waals surface area contributed by atoms with Crippen LogP contribution in [-0.4, -0.2) is 45.3 Å². The van der Waals surface area contributed by atoms with Crippen molar-refractivity contribution in [3.63, 3.8) is 0 Å². The summed E-state index contributed by atoms with van der Waals surface area (Å²) in [5.41, 5.74) is 2.81. The molecule has 1 aromatic carbocycles. The summed E-state index contributed by atoms with van der Waals surface area (Å²) in [6, 6.07) is 10.5. The van der Waals surface area contributed by atoms with Gasteiger partial charge < -0.3 is 15.3 Å². The highest BCUT2D eigenvalue weighted by Gasteiger charge is 2.40. The second-order valence-corrected chi connectivity index (χ2v) is 11.4. The third kappa shape index (κ3) is 4.25. The summed E-state index contributed by atoms with van der Waals surface area (Å²) in [5.74, 6) is 1.68. The van der Waals surface area contributed by atoms with Crippen molar-refractivity contribution in [3.05, 3.63) is 46.1 Å². The van der Waals surface area contributed by atoms with Gasteiger partial charge in [-0.3, -0.25) is 4.21 Å². The first kappa shape index (κ1) is 22.6. The standard InChI is InChI=1S/C25H29ClN4O2S/c26-19-6-4-18(5-7-19)17-3-1-12-30(13-8-17)24-20(15-27)22(29-25(16-31)10-2-11-25)23-21(28-24)9-14-33(23)32/h4-7,17,31H,1-3,8-14,16H2,(H,28,29)/t17?,33-/m0/s1. The Morgan fingerprint density at radius 1 is 1.24 bits per heavy atom. The van der Waals surface area contributed by atoms with E-state index in [1.165, 1.54) is 5.56 Å². The molecule has 33 heavy (non-hydrogen) atoms. The lowest BCUT2D eigenvalue weighted by Crippen LogP contribution is -2.48. The van der Waals surface area contributed by atoms with Crippen LogP contribution in [0, 0.1) is 11.3 Å². The molecule has 1 saturated carbocycles. The number of fused-ring (bicyclic) bond motifs is 1. The zero-order valence-corrected chi connectivity index (χ0v) is 20.2. The van der Waals surface area contributed by atoms with Gasteiger partial charge in [-0.05, 0) is 62.1 Å². The molecule has 1 saturated heterocycles. The Morgan fingerprint density at radius 2 is 2.03 bits per heavy atom. The molecule has 2 atom stereocenters. The number of pyridine rings is 1. The SMILES string of the molecule is N#Cc1c(N2CCCC(c3ccc(Cl)cc3)CC2)nc2c(c1NC1(CO)CCC1)[S@@](=O)CC2. The summed E-state index contributed by atoms with van der Waals surface area (Å²) >= 11 is 6.07. The average molecular weight is 485 g/mol. The van der Waals surface area contributed by atoms with E-state index in [-0.39, 0.29) is 6.61 Å². The van der Waals surface area contributed by atoms with Crippen molar-refractivity contribution >= 4 is 33.9 Å². The number of aromatic nitrogens is 1. The van der Waals surface area contributed by atoms with Crippen LogP contribution in [0.4, 0.5) is 11.5 Å². The molecule has 2 aromatic rings. The number of nitriles is 1. The van der Waals surface area contributed by atoms with Crippen LogP contribution >= 0.6 is 11.6 Å². The topological polar surface area (TPSA) is 89.2 Å². The first-order chi connectivity index (χ1) is 16.0. The van der Waals surface area contributed by atoms with Crippen molar-refractivity contribution in [3.8, 4) is 6.07 Å². The van der Waals surface area contributed by atoms with Crippen LogP contribution in [0.2, 0.25) is 5.02 Å². The predicted molar refractivity (Wildman–Crippen MR) is 131 cm³/mol. The number of hydrogen-bond acceptors (Lipinski definition) is 6. The quantitative estimate of drug-likeness (QED) is 0.655. The molecule has 1 unspecified atom stereocenters. The summed E-state index contributed by atoms with van der Waals surface area (Å²) < 4.78 is 12.8. The van der Waals surface area contributed by atoms with Gasteiger partial charge in [0.15, 0.2) is 0 Å². The Morgan fingerprint density at radius 3 is 2.70 bits per heavy atom. The third-order valence-electron chi connectivity index (χ3n) is 7.44. The van der Waals surface area contributed by atoms with E-state index in [9.17, 15) is 14.6 Å². The fourth-order valence-corrected chi connectivity index (χ4v) is 6.83. The predicted octanol–water partition coefficient (Wildman–Crippen LogP) is 4.37. The first-order valence-electron chi connectivity index (χ1n) is 11.8. The molecule has 1 aromatic heterocycles. The van der Waals surface area contributed by atoms with E-state index in [0.29, 0.717) is 40.1 Å². The van der Waals surface area contributed by atoms with Crippen molar-refractivity contribution < 1.29 is 9.32 Å². The number of anilines is 2. The van der Waals surface area contributed by atoms with Crippen LogP contribution in [-0.2, 0) is 17.2 Å². The lowest BCUT2D eigenvalue weighted by atomic mass is 9.77. The molecule has 0 radical (unpaired) electrons. The van der Waals surface area contributed by atoms with E-state index >= 15 is 0 Å². The Hall–Kier alpha value is -2.14. The van der Waals surface area contributed by atoms with Gasteiger partial charge in [0, 0.05) is 30.3 Å². The van der Waals surface area contributed by atoms with Crippen molar-refractivity contribution in [1.82, 2.24) is 4.98 Å². The summed E-state index contributed by atoms with van der Waals surface area (Å²) in [6.45, 7) is 1.64. The van der Waals surface area contributed by atoms with Gasteiger partial charge in [0.1, 0.15) is 17.5 Å². The second kappa shape index (κ2) is 9.25. The van der Waals surface area contributed by atoms with Crippen LogP contribution in [0.1, 0.15) is 61.3 Å². The van der Waals surface area contributed by atoms with Gasteiger partial charge in [-0.1, -0.05) is 23.7 Å². The Kier molecular flexibility index (Phi) is 6.34. The van der Waals surface area contributed by atoms with Gasteiger partial charge in [-0.15, -0.1) is 0 Å². The molecule has 1 aliphatic carbocycles. The summed E-state index contributed by atoms with van der Waals surface area (Å²) in [4.78, 5) is 7.80. The molecule has 0 spiro atoms. The molecule has 8 heteroatoms. The minimum atomic E-state index is -1.17. The number of nitrogens with one attached hydrogen (secondary N) is 1. The molecule has 5 rings (SSSR count). The second-order valence-electron chi connectivity index (χ2n) is 9.46. The van der Waals surface area contributed by atoms with Gasteiger partial charge in [0.2, 0.25) is 0 Å². The number of aliphatic hydroxyl groups is 1. The number of aryl methyl sites for hydroxylation is 1. The average Bonchev–Trinajstić information content (AvgIpc) is 3.01. The normalized spacial score (nSPS) is 23.8. The molecule has 0 amide bonds. The molecule has 2 N–H and O–H groups in total. The minimum absolute atomic E-state index is 0.00339. The molecule has 2 fully saturated rings. The summed E-state index contributed by atoms with van der Waals surface area (Å²) in [6.07, 6.45) is 6.44. The molecule has 174 valence electrons. The lowest BCUT2D eigenvalue weighted by Gasteiger charge is -2.42. The largest absolute Gasteiger partial charge is 0.394 e. The molecular weight excluding hydrogens is 456 g/mol. The monoisotopic (exact) mass is 484 g/mol. The van der Waals surface area contributed by atoms with Gasteiger partial charge >= 0.3 is 0 Å². The maximum atomic E-state index is 12.8. The molecule has 0 bridgehead atoms. The van der Waals surface area contributed by atoms with E-state index in [0.717, 1.165) is 62.3 Å². The zero-order valence-electron chi connectivity index (χ0n) is 18.6. The van der Waals surface area contributed by atoms with E-state index in [4.69, 9.17) is 16.6 Å². The Balaban J connectivity index is 1.48. The maximum absolute atomic E-state index is 12.8. The third-order valence-corrected chi connectivity index (χ3v) is 9.16. The number of nitrogens with zero attached hydrogens (tertiary/aromatic N) is 3. The van der Waals surface area contributed by atoms with Gasteiger partial charge in [0.25, 0.3) is 0 Å². The van der Waals surface area contributed by atoms with Crippen LogP contribution in [0.15, 0.2) is 29.2 Å². The van der Waals surface area contributed by atoms with E-state index in [1.54, 1.807) is 0 Å². The van der Waals surface area contributed by atoms with Gasteiger partial charge in [-0.25, -0.2) is 4.98 Å². The number of benzene rings is 1. The van der Waals surface area contributed by atoms with Crippen molar-refractivity contribution in [2.45, 2.75) is 61.3 Å². The van der Waals surface area contributed by atoms with Crippen LogP contribution in [0.5, 0.6) is 0 Å². The number of hydrogen-bond donors (Lipinski definition) is 2. The minimum Gasteiger partial charge on any atom is -0.394 e. The van der Waals surface area contributed by atoms with Crippen LogP contribution in [0.25, 0.3) is 0 Å². The summed E-state index contributed by atoms with van der Waals surface area (Å²) in [5, 5.41) is 24.5. The van der Waals surface area contributed by atoms with E-state index < -0.39 is 16.3 Å². The van der Waals surface area contributed by atoms with Crippen molar-refractivity contribution in [1.29, 1.82) is 5.26 Å². The Bertz CT molecular complexity index is 1110. The highest BCUT2D eigenvalue weighted by molar-refractivity contribution is 7.85. The molecule has 2 aliphatic heterocycles. The molecule has 3 aliphatic rings. The molecule has 3 heterocycles. The molecular formula is C25H29ClN4O2S. The fourth-order valence-electron chi connectivity index (χ4n) is 5.33. The maximum Gasteiger partial charge on any atom is 0.149 e. The van der Waals surface area contributed by atoms with Crippen molar-refractivity contribution in [2.24, 2.45) is 0 Å². The zero-order chi connectivity index (χ0) is 23.0. The van der Waals surface area contributed by atoms with Gasteiger partial charge in [-0.2, -0.15) is 5.26 Å². The highest BCUT2D eigenvalue weighted by Crippen LogP contribution is 2.43. The fraction of sp³-hybridized carbons (Fsp3) is 0.520. The van der Waals surface area contributed by atoms with E-state index in [1.807, 2.05) is 12.1 Å². The lowest BCUT2D eigenvalue weighted by molar-refractivity contribution is 0.144. The molecule has 6 nitrogen and oxygen atoms in total. The first-order valence-corrected chi connectivity index (χ1v) is 13.5. The number of rotatable bonds is 5. The van der Waals surface area contributed by atoms with Crippen molar-refractivity contribution in [2.75, 3.05) is 35.7 Å². The summed E-state index contributed by atoms with van der Waals surface area (Å²) in [7, 11) is -1.17. The van der Waals surface area contributed by atoms with Crippen LogP contribution in [0.3, 0.4) is 0 Å². The number of halogens is 1. The highest BCUT2D eigenvalue weighted by atomic mass is 35.5. The smallest absolute Gasteiger partial charge is 0.149 e. The Labute approximate surface area is 202 Å². The van der Waals surface area contributed by atoms with Gasteiger partial charge in [0.05, 0.1) is 39.2 Å². The van der Waals surface area contributed by atoms with Crippen LogP contribution < -0.4 is 10.2 Å². The number of aliphatic hydroxyl groups excluding tert-OH is 1.